The van der Waals surface area contributed by atoms with Gasteiger partial charge in [0, 0.05) is 17.3 Å². The zero-order valence-electron chi connectivity index (χ0n) is 12.1. The summed E-state index contributed by atoms with van der Waals surface area (Å²) in [7, 11) is 0. The van der Waals surface area contributed by atoms with Crippen molar-refractivity contribution in [3.8, 4) is 6.07 Å². The maximum absolute atomic E-state index is 12.2. The van der Waals surface area contributed by atoms with E-state index in [1.54, 1.807) is 0 Å². The van der Waals surface area contributed by atoms with Crippen LogP contribution in [0.4, 0.5) is 5.00 Å². The Labute approximate surface area is 133 Å². The molecule has 3 rings (SSSR count). The Balaban J connectivity index is 1.89. The summed E-state index contributed by atoms with van der Waals surface area (Å²) < 4.78 is 0. The number of anilines is 1. The van der Waals surface area contributed by atoms with E-state index in [9.17, 15) is 10.1 Å². The molecule has 0 spiro atoms. The fourth-order valence-electron chi connectivity index (χ4n) is 2.71. The third-order valence-corrected chi connectivity index (χ3v) is 5.01. The monoisotopic (exact) mass is 312 g/mol. The summed E-state index contributed by atoms with van der Waals surface area (Å²) in [5.41, 5.74) is 2.01. The summed E-state index contributed by atoms with van der Waals surface area (Å²) in [6, 6.07) is 2.27. The Kier molecular flexibility index (Phi) is 4.45. The maximum atomic E-state index is 12.2. The summed E-state index contributed by atoms with van der Waals surface area (Å²) >= 11 is 1.53. The number of amides is 1. The van der Waals surface area contributed by atoms with Crippen molar-refractivity contribution in [1.29, 1.82) is 5.26 Å². The van der Waals surface area contributed by atoms with Gasteiger partial charge in [-0.3, -0.25) is 9.78 Å². The number of nitrogens with zero attached hydrogens (tertiary/aromatic N) is 3. The molecule has 1 N–H and O–H groups in total. The van der Waals surface area contributed by atoms with Crippen molar-refractivity contribution in [1.82, 2.24) is 9.97 Å². The maximum Gasteiger partial charge on any atom is 0.276 e. The molecule has 0 unspecified atom stereocenters. The molecular formula is C16H16N4OS. The molecule has 112 valence electrons. The molecule has 0 saturated carbocycles. The van der Waals surface area contributed by atoms with Gasteiger partial charge in [-0.25, -0.2) is 4.98 Å². The lowest BCUT2D eigenvalue weighted by molar-refractivity contribution is 0.102. The van der Waals surface area contributed by atoms with Gasteiger partial charge >= 0.3 is 0 Å². The highest BCUT2D eigenvalue weighted by Gasteiger charge is 2.21. The van der Waals surface area contributed by atoms with Gasteiger partial charge in [-0.15, -0.1) is 11.3 Å². The third-order valence-electron chi connectivity index (χ3n) is 3.81. The van der Waals surface area contributed by atoms with Crippen molar-refractivity contribution in [2.75, 3.05) is 5.32 Å². The Morgan fingerprint density at radius 1 is 1.23 bits per heavy atom. The largest absolute Gasteiger partial charge is 0.311 e. The number of nitrogens with one attached hydrogen (secondary N) is 1. The van der Waals surface area contributed by atoms with E-state index in [0.29, 0.717) is 10.6 Å². The minimum atomic E-state index is -0.321. The standard InChI is InChI=1S/C16H16N4OS/c17-9-12-11-5-3-1-2-4-6-14(11)22-16(12)20-15(21)13-10-18-7-8-19-13/h7-8,10H,1-6H2,(H,20,21). The molecule has 1 aliphatic rings. The van der Waals surface area contributed by atoms with Crippen molar-refractivity contribution in [2.45, 2.75) is 38.5 Å². The van der Waals surface area contributed by atoms with Gasteiger partial charge < -0.3 is 5.32 Å². The van der Waals surface area contributed by atoms with E-state index in [2.05, 4.69) is 21.4 Å². The minimum absolute atomic E-state index is 0.257. The number of carbonyl (C=O) groups excluding carboxylic acids is 1. The van der Waals surface area contributed by atoms with E-state index in [4.69, 9.17) is 0 Å². The fraction of sp³-hybridized carbons (Fsp3) is 0.375. The van der Waals surface area contributed by atoms with Crippen molar-refractivity contribution in [2.24, 2.45) is 0 Å². The Bertz CT molecular complexity index is 718. The van der Waals surface area contributed by atoms with Crippen molar-refractivity contribution in [3.63, 3.8) is 0 Å². The number of carbonyl (C=O) groups is 1. The van der Waals surface area contributed by atoms with Crippen LogP contribution in [0.5, 0.6) is 0 Å². The number of hydrogen-bond acceptors (Lipinski definition) is 5. The summed E-state index contributed by atoms with van der Waals surface area (Å²) in [6.45, 7) is 0. The molecule has 0 bridgehead atoms. The number of thiophene rings is 1. The first-order valence-electron chi connectivity index (χ1n) is 7.41. The van der Waals surface area contributed by atoms with E-state index in [1.807, 2.05) is 0 Å². The molecule has 6 heteroatoms. The smallest absolute Gasteiger partial charge is 0.276 e. The Morgan fingerprint density at radius 2 is 2.05 bits per heavy atom. The number of fused-ring (bicyclic) bond motifs is 1. The SMILES string of the molecule is N#Cc1c(NC(=O)c2cnccn2)sc2c1CCCCCC2. The van der Waals surface area contributed by atoms with Crippen LogP contribution >= 0.6 is 11.3 Å². The van der Waals surface area contributed by atoms with Crippen LogP contribution in [0.3, 0.4) is 0 Å². The van der Waals surface area contributed by atoms with E-state index in [0.717, 1.165) is 31.2 Å². The third kappa shape index (κ3) is 3.00. The Hall–Kier alpha value is -2.26. The van der Waals surface area contributed by atoms with Crippen LogP contribution in [-0.4, -0.2) is 15.9 Å². The lowest BCUT2D eigenvalue weighted by atomic mass is 9.97. The number of nitriles is 1. The first-order valence-corrected chi connectivity index (χ1v) is 8.23. The molecule has 2 heterocycles. The number of aryl methyl sites for hydroxylation is 1. The molecule has 2 aromatic rings. The highest BCUT2D eigenvalue weighted by molar-refractivity contribution is 7.16. The molecule has 5 nitrogen and oxygen atoms in total. The minimum Gasteiger partial charge on any atom is -0.311 e. The molecule has 0 fully saturated rings. The Morgan fingerprint density at radius 3 is 2.77 bits per heavy atom. The average molecular weight is 312 g/mol. The van der Waals surface area contributed by atoms with Gasteiger partial charge in [-0.1, -0.05) is 12.8 Å². The van der Waals surface area contributed by atoms with Crippen LogP contribution in [0.15, 0.2) is 18.6 Å². The van der Waals surface area contributed by atoms with E-state index in [1.165, 1.54) is 47.6 Å². The summed E-state index contributed by atoms with van der Waals surface area (Å²) in [5, 5.41) is 13.0. The molecule has 1 aliphatic carbocycles. The summed E-state index contributed by atoms with van der Waals surface area (Å²) in [4.78, 5) is 21.3. The second kappa shape index (κ2) is 6.67. The number of aromatic nitrogens is 2. The van der Waals surface area contributed by atoms with Gasteiger partial charge in [-0.2, -0.15) is 5.26 Å². The fourth-order valence-corrected chi connectivity index (χ4v) is 3.94. The van der Waals surface area contributed by atoms with Gasteiger partial charge in [0.05, 0.1) is 11.8 Å². The van der Waals surface area contributed by atoms with Crippen LogP contribution in [0, 0.1) is 11.3 Å². The molecular weight excluding hydrogens is 296 g/mol. The molecule has 0 radical (unpaired) electrons. The van der Waals surface area contributed by atoms with Gasteiger partial charge in [-0.05, 0) is 31.2 Å². The van der Waals surface area contributed by atoms with Crippen molar-refractivity contribution in [3.05, 3.63) is 40.3 Å². The lowest BCUT2D eigenvalue weighted by Gasteiger charge is -2.08. The summed E-state index contributed by atoms with van der Waals surface area (Å²) in [6.07, 6.45) is 11.0. The van der Waals surface area contributed by atoms with Crippen LogP contribution in [0.2, 0.25) is 0 Å². The van der Waals surface area contributed by atoms with Gasteiger partial charge in [0.15, 0.2) is 0 Å². The van der Waals surface area contributed by atoms with Crippen LogP contribution in [-0.2, 0) is 12.8 Å². The van der Waals surface area contributed by atoms with E-state index in [-0.39, 0.29) is 11.6 Å². The molecule has 22 heavy (non-hydrogen) atoms. The van der Waals surface area contributed by atoms with Gasteiger partial charge in [0.1, 0.15) is 16.8 Å². The zero-order chi connectivity index (χ0) is 15.4. The predicted molar refractivity (Wildman–Crippen MR) is 84.9 cm³/mol. The summed E-state index contributed by atoms with van der Waals surface area (Å²) in [5.74, 6) is -0.321. The first-order chi connectivity index (χ1) is 10.8. The van der Waals surface area contributed by atoms with E-state index >= 15 is 0 Å². The normalized spacial score (nSPS) is 14.3. The molecule has 2 aromatic heterocycles. The van der Waals surface area contributed by atoms with Crippen LogP contribution in [0.1, 0.15) is 52.2 Å². The first kappa shape index (κ1) is 14.7. The second-order valence-electron chi connectivity index (χ2n) is 5.28. The van der Waals surface area contributed by atoms with Crippen molar-refractivity contribution < 1.29 is 4.79 Å². The molecule has 1 amide bonds. The molecule has 0 aliphatic heterocycles. The second-order valence-corrected chi connectivity index (χ2v) is 6.38. The number of hydrogen-bond donors (Lipinski definition) is 1. The topological polar surface area (TPSA) is 78.7 Å². The van der Waals surface area contributed by atoms with Crippen molar-refractivity contribution >= 4 is 22.2 Å². The highest BCUT2D eigenvalue weighted by atomic mass is 32.1. The van der Waals surface area contributed by atoms with Crippen LogP contribution in [0.25, 0.3) is 0 Å². The van der Waals surface area contributed by atoms with Crippen LogP contribution < -0.4 is 5.32 Å². The molecule has 0 aromatic carbocycles. The zero-order valence-corrected chi connectivity index (χ0v) is 12.9. The van der Waals surface area contributed by atoms with Gasteiger partial charge in [0.2, 0.25) is 0 Å². The quantitative estimate of drug-likeness (QED) is 0.922. The molecule has 0 saturated heterocycles. The van der Waals surface area contributed by atoms with E-state index < -0.39 is 0 Å². The van der Waals surface area contributed by atoms with Gasteiger partial charge in [0.25, 0.3) is 5.91 Å². The number of rotatable bonds is 2. The molecule has 0 atom stereocenters. The average Bonchev–Trinajstić information content (AvgIpc) is 2.84. The lowest BCUT2D eigenvalue weighted by Crippen LogP contribution is -2.13. The highest BCUT2D eigenvalue weighted by Crippen LogP contribution is 2.36. The predicted octanol–water partition coefficient (Wildman–Crippen LogP) is 3.32.